The Kier molecular flexibility index (Phi) is 4.46. The Balaban J connectivity index is 1.29. The van der Waals surface area contributed by atoms with Gasteiger partial charge in [0.05, 0.1) is 33.1 Å². The van der Waals surface area contributed by atoms with Crippen LogP contribution < -0.4 is 0 Å². The summed E-state index contributed by atoms with van der Waals surface area (Å²) in [6, 6.07) is 48.1. The van der Waals surface area contributed by atoms with Crippen molar-refractivity contribution >= 4 is 71.7 Å². The van der Waals surface area contributed by atoms with Gasteiger partial charge in [0.2, 0.25) is 11.6 Å². The molecule has 46 heavy (non-hydrogen) atoms. The normalized spacial score (nSPS) is 12.5. The summed E-state index contributed by atoms with van der Waals surface area (Å²) >= 11 is 0. The first-order valence-electron chi connectivity index (χ1n) is 15.7. The van der Waals surface area contributed by atoms with E-state index in [0.717, 1.165) is 50.2 Å². The highest BCUT2D eigenvalue weighted by molar-refractivity contribution is 6.08. The van der Waals surface area contributed by atoms with Gasteiger partial charge in [-0.15, -0.1) is 0 Å². The highest BCUT2D eigenvalue weighted by Gasteiger charge is 2.25. The minimum atomic E-state index is 0.883. The Morgan fingerprint density at radius 1 is 0.413 bits per heavy atom. The fraction of sp³-hybridized carbons (Fsp3) is 0.0244. The largest absolute Gasteiger partial charge is 0.276 e. The van der Waals surface area contributed by atoms with E-state index < -0.39 is 0 Å². The lowest BCUT2D eigenvalue weighted by Crippen LogP contribution is -1.90. The van der Waals surface area contributed by atoms with E-state index in [-0.39, 0.29) is 0 Å². The maximum absolute atomic E-state index is 5.27. The molecular weight excluding hydrogens is 562 g/mol. The molecule has 0 radical (unpaired) electrons. The summed E-state index contributed by atoms with van der Waals surface area (Å²) in [4.78, 5) is 10.5. The summed E-state index contributed by atoms with van der Waals surface area (Å²) in [5.74, 6) is 1.77. The molecule has 11 aromatic rings. The molecule has 0 amide bonds. The van der Waals surface area contributed by atoms with Gasteiger partial charge in [-0.3, -0.25) is 8.80 Å². The second-order valence-electron chi connectivity index (χ2n) is 12.5. The minimum Gasteiger partial charge on any atom is -0.276 e. The van der Waals surface area contributed by atoms with E-state index in [1.54, 1.807) is 0 Å². The van der Waals surface area contributed by atoms with E-state index in [1.165, 1.54) is 49.4 Å². The third kappa shape index (κ3) is 3.09. The van der Waals surface area contributed by atoms with Gasteiger partial charge in [0.1, 0.15) is 5.52 Å². The number of aromatic nitrogens is 5. The van der Waals surface area contributed by atoms with Crippen LogP contribution in [0.25, 0.3) is 94.0 Å². The number of hydrogen-bond donors (Lipinski definition) is 0. The van der Waals surface area contributed by atoms with Crippen molar-refractivity contribution in [2.45, 2.75) is 6.92 Å². The number of rotatable bonds is 2. The van der Waals surface area contributed by atoms with E-state index in [9.17, 15) is 0 Å². The van der Waals surface area contributed by atoms with Gasteiger partial charge in [0, 0.05) is 0 Å². The molecule has 0 fully saturated rings. The first-order valence-corrected chi connectivity index (χ1v) is 15.7. The fourth-order valence-electron chi connectivity index (χ4n) is 7.69. The smallest absolute Gasteiger partial charge is 0.223 e. The number of fused-ring (bicyclic) bond motifs is 12. The maximum atomic E-state index is 5.27. The van der Waals surface area contributed by atoms with Crippen molar-refractivity contribution < 1.29 is 0 Å². The molecule has 11 rings (SSSR count). The van der Waals surface area contributed by atoms with Crippen LogP contribution in [0.2, 0.25) is 0 Å². The topological polar surface area (TPSA) is 39.0 Å². The molecule has 0 bridgehead atoms. The molecule has 0 saturated carbocycles. The first kappa shape index (κ1) is 24.2. The summed E-state index contributed by atoms with van der Waals surface area (Å²) in [5, 5.41) is 4.79. The van der Waals surface area contributed by atoms with Gasteiger partial charge in [-0.1, -0.05) is 97.1 Å². The summed E-state index contributed by atoms with van der Waals surface area (Å²) in [6.45, 7) is 2.22. The average molecular weight is 588 g/mol. The van der Waals surface area contributed by atoms with E-state index in [4.69, 9.17) is 9.97 Å². The monoisotopic (exact) mass is 587 g/mol. The Morgan fingerprint density at radius 2 is 0.935 bits per heavy atom. The third-order valence-corrected chi connectivity index (χ3v) is 9.83. The summed E-state index contributed by atoms with van der Waals surface area (Å²) < 4.78 is 6.92. The van der Waals surface area contributed by atoms with Gasteiger partial charge in [0.15, 0.2) is 0 Å². The van der Waals surface area contributed by atoms with Gasteiger partial charge in [-0.05, 0) is 92.7 Å². The Bertz CT molecular complexity index is 2870. The van der Waals surface area contributed by atoms with Gasteiger partial charge < -0.3 is 0 Å². The van der Waals surface area contributed by atoms with E-state index in [0.29, 0.717) is 0 Å². The van der Waals surface area contributed by atoms with Crippen molar-refractivity contribution in [1.82, 2.24) is 23.2 Å². The number of nitrogens with zero attached hydrogens (tertiary/aromatic N) is 5. The number of benzene rings is 7. The average Bonchev–Trinajstić information content (AvgIpc) is 3.81. The molecule has 7 aromatic carbocycles. The van der Waals surface area contributed by atoms with Crippen LogP contribution in [0.5, 0.6) is 0 Å². The molecule has 5 nitrogen and oxygen atoms in total. The van der Waals surface area contributed by atoms with Gasteiger partial charge in [-0.2, -0.15) is 0 Å². The molecule has 0 aliphatic heterocycles. The van der Waals surface area contributed by atoms with Gasteiger partial charge in [0.25, 0.3) is 0 Å². The summed E-state index contributed by atoms with van der Waals surface area (Å²) in [6.07, 6.45) is 0. The molecule has 0 spiro atoms. The zero-order valence-electron chi connectivity index (χ0n) is 24.9. The highest BCUT2D eigenvalue weighted by Crippen LogP contribution is 2.40. The minimum absolute atomic E-state index is 0.883. The molecule has 0 aliphatic carbocycles. The summed E-state index contributed by atoms with van der Waals surface area (Å²) in [5.41, 5.74) is 13.7. The molecule has 0 atom stereocenters. The van der Waals surface area contributed by atoms with Crippen molar-refractivity contribution in [2.24, 2.45) is 0 Å². The van der Waals surface area contributed by atoms with Crippen molar-refractivity contribution in [3.63, 3.8) is 0 Å². The fourth-order valence-corrected chi connectivity index (χ4v) is 7.69. The number of aryl methyl sites for hydroxylation is 1. The maximum Gasteiger partial charge on any atom is 0.223 e. The van der Waals surface area contributed by atoms with Crippen LogP contribution >= 0.6 is 0 Å². The third-order valence-electron chi connectivity index (χ3n) is 9.83. The molecule has 4 aromatic heterocycles. The van der Waals surface area contributed by atoms with Crippen molar-refractivity contribution in [2.75, 3.05) is 0 Å². The van der Waals surface area contributed by atoms with Crippen LogP contribution in [0, 0.1) is 6.92 Å². The second-order valence-corrected chi connectivity index (χ2v) is 12.5. The van der Waals surface area contributed by atoms with Crippen LogP contribution in [0.15, 0.2) is 133 Å². The Hall–Kier alpha value is -6.20. The highest BCUT2D eigenvalue weighted by atomic mass is 15.3. The van der Waals surface area contributed by atoms with Gasteiger partial charge in [-0.25, -0.2) is 14.4 Å². The zero-order valence-corrected chi connectivity index (χ0v) is 24.9. The van der Waals surface area contributed by atoms with E-state index in [2.05, 4.69) is 154 Å². The lowest BCUT2D eigenvalue weighted by atomic mass is 9.95. The second kappa shape index (κ2) is 8.49. The molecule has 0 unspecified atom stereocenters. The van der Waals surface area contributed by atoms with Crippen LogP contribution in [-0.2, 0) is 0 Å². The predicted octanol–water partition coefficient (Wildman–Crippen LogP) is 10.1. The van der Waals surface area contributed by atoms with Crippen LogP contribution in [0.1, 0.15) is 5.56 Å². The molecule has 4 heterocycles. The zero-order chi connectivity index (χ0) is 30.1. The quantitative estimate of drug-likeness (QED) is 0.202. The standard InChI is InChI=1S/C41H25N5/c1-24-17-30(25-9-3-2-4-10-25)15-16-32(24)31-22-37-39-38(23-31)45-36-21-29-14-8-6-12-27(29)19-34(36)43-41(45)46(39)40-42-33-18-26-11-5-7-13-28(26)20-35(33)44(37)40/h2-23H,1H3. The molecule has 214 valence electrons. The van der Waals surface area contributed by atoms with E-state index >= 15 is 0 Å². The van der Waals surface area contributed by atoms with Crippen LogP contribution in [0.4, 0.5) is 0 Å². The summed E-state index contributed by atoms with van der Waals surface area (Å²) in [7, 11) is 0. The Labute approximate surface area is 262 Å². The Morgan fingerprint density at radius 3 is 1.48 bits per heavy atom. The number of hydrogen-bond acceptors (Lipinski definition) is 2. The van der Waals surface area contributed by atoms with Crippen LogP contribution in [0.3, 0.4) is 0 Å². The van der Waals surface area contributed by atoms with Crippen molar-refractivity contribution in [1.29, 1.82) is 0 Å². The molecule has 0 aliphatic rings. The van der Waals surface area contributed by atoms with Crippen LogP contribution in [-0.4, -0.2) is 23.2 Å². The lowest BCUT2D eigenvalue weighted by Gasteiger charge is -2.11. The predicted molar refractivity (Wildman–Crippen MR) is 189 cm³/mol. The van der Waals surface area contributed by atoms with E-state index in [1.807, 2.05) is 0 Å². The van der Waals surface area contributed by atoms with Crippen molar-refractivity contribution in [3.05, 3.63) is 139 Å². The molecule has 0 saturated heterocycles. The number of imidazole rings is 4. The lowest BCUT2D eigenvalue weighted by molar-refractivity contribution is 1.15. The molecule has 0 N–H and O–H groups in total. The molecular formula is C41H25N5. The first-order chi connectivity index (χ1) is 22.7. The van der Waals surface area contributed by atoms with Crippen molar-refractivity contribution in [3.8, 4) is 22.3 Å². The molecule has 5 heteroatoms. The SMILES string of the molecule is Cc1cc(-c2ccccc2)ccc1-c1cc2c3c(c1)n1c4cc5ccccc5cc4nc1n3c1nc3cc4ccccc4cc3n21. The van der Waals surface area contributed by atoms with Gasteiger partial charge >= 0.3 is 0 Å².